The number of rotatable bonds is 2. The van der Waals surface area contributed by atoms with E-state index in [1.165, 1.54) is 5.39 Å². The largest absolute Gasteiger partial charge is 0.331 e. The van der Waals surface area contributed by atoms with Gasteiger partial charge < -0.3 is 4.57 Å². The summed E-state index contributed by atoms with van der Waals surface area (Å²) in [6.45, 7) is 0.778. The van der Waals surface area contributed by atoms with Crippen molar-refractivity contribution in [1.29, 1.82) is 0 Å². The zero-order valence-electron chi connectivity index (χ0n) is 8.09. The van der Waals surface area contributed by atoms with Crippen LogP contribution in [0.1, 0.15) is 5.69 Å². The van der Waals surface area contributed by atoms with Crippen LogP contribution in [0.5, 0.6) is 0 Å². The van der Waals surface area contributed by atoms with Crippen molar-refractivity contribution in [3.8, 4) is 0 Å². The lowest BCUT2D eigenvalue weighted by Gasteiger charge is -1.98. The van der Waals surface area contributed by atoms with Crippen molar-refractivity contribution in [2.24, 2.45) is 0 Å². The molecule has 0 aliphatic heterocycles. The number of hydrogen-bond acceptors (Lipinski definition) is 2. The van der Waals surface area contributed by atoms with E-state index in [0.717, 1.165) is 17.8 Å². The lowest BCUT2D eigenvalue weighted by Crippen LogP contribution is -1.96. The first-order valence-corrected chi connectivity index (χ1v) is 4.81. The normalized spacial score (nSPS) is 10.9. The summed E-state index contributed by atoms with van der Waals surface area (Å²) in [5.41, 5.74) is 2.12. The predicted molar refractivity (Wildman–Crippen MR) is 57.4 cm³/mol. The zero-order chi connectivity index (χ0) is 10.1. The summed E-state index contributed by atoms with van der Waals surface area (Å²) < 4.78 is 2.01. The zero-order valence-corrected chi connectivity index (χ0v) is 8.09. The van der Waals surface area contributed by atoms with Gasteiger partial charge in [-0.1, -0.05) is 18.2 Å². The molecule has 0 radical (unpaired) electrons. The minimum Gasteiger partial charge on any atom is -0.331 e. The molecule has 74 valence electrons. The number of benzene rings is 1. The van der Waals surface area contributed by atoms with Gasteiger partial charge in [0, 0.05) is 17.8 Å². The third-order valence-electron chi connectivity index (χ3n) is 2.44. The molecule has 0 unspecified atom stereocenters. The maximum Gasteiger partial charge on any atom is 0.0949 e. The van der Waals surface area contributed by atoms with Crippen LogP contribution in [-0.2, 0) is 6.54 Å². The summed E-state index contributed by atoms with van der Waals surface area (Å²) in [7, 11) is 0. The van der Waals surface area contributed by atoms with E-state index in [1.807, 2.05) is 29.0 Å². The van der Waals surface area contributed by atoms with E-state index < -0.39 is 0 Å². The number of hydrogen-bond donors (Lipinski definition) is 1. The summed E-state index contributed by atoms with van der Waals surface area (Å²) in [6.07, 6.45) is 5.52. The van der Waals surface area contributed by atoms with E-state index >= 15 is 0 Å². The average Bonchev–Trinajstić information content (AvgIpc) is 2.89. The molecule has 2 heterocycles. The first-order chi connectivity index (χ1) is 7.43. The standard InChI is InChI=1S/C11H10N4/c1-2-4-10-9(3-1)11(14-13-10)7-15-6-5-12-8-15/h1-6,8H,7H2,(H,13,14). The Labute approximate surface area is 86.6 Å². The van der Waals surface area contributed by atoms with Crippen molar-refractivity contribution < 1.29 is 0 Å². The second-order valence-electron chi connectivity index (χ2n) is 3.45. The maximum absolute atomic E-state index is 4.24. The Morgan fingerprint density at radius 2 is 2.20 bits per heavy atom. The first kappa shape index (κ1) is 8.23. The summed E-state index contributed by atoms with van der Waals surface area (Å²) in [5, 5.41) is 8.47. The van der Waals surface area contributed by atoms with Crippen LogP contribution < -0.4 is 0 Å². The number of fused-ring (bicyclic) bond motifs is 1. The molecule has 4 heteroatoms. The van der Waals surface area contributed by atoms with Gasteiger partial charge in [-0.25, -0.2) is 4.98 Å². The Balaban J connectivity index is 2.05. The molecule has 0 amide bonds. The van der Waals surface area contributed by atoms with Crippen LogP contribution in [0.15, 0.2) is 43.0 Å². The van der Waals surface area contributed by atoms with Crippen LogP contribution in [-0.4, -0.2) is 19.7 Å². The molecule has 0 saturated carbocycles. The van der Waals surface area contributed by atoms with Crippen molar-refractivity contribution in [3.05, 3.63) is 48.7 Å². The quantitative estimate of drug-likeness (QED) is 0.682. The molecule has 15 heavy (non-hydrogen) atoms. The van der Waals surface area contributed by atoms with Gasteiger partial charge >= 0.3 is 0 Å². The second-order valence-corrected chi connectivity index (χ2v) is 3.45. The highest BCUT2D eigenvalue weighted by Crippen LogP contribution is 2.15. The molecule has 0 spiro atoms. The number of aromatic nitrogens is 4. The van der Waals surface area contributed by atoms with Crippen LogP contribution in [0.2, 0.25) is 0 Å². The fourth-order valence-electron chi connectivity index (χ4n) is 1.70. The monoisotopic (exact) mass is 198 g/mol. The van der Waals surface area contributed by atoms with Gasteiger partial charge in [0.05, 0.1) is 24.1 Å². The molecule has 0 saturated heterocycles. The van der Waals surface area contributed by atoms with Gasteiger partial charge in [-0.3, -0.25) is 5.10 Å². The van der Waals surface area contributed by atoms with Crippen molar-refractivity contribution in [1.82, 2.24) is 19.7 Å². The number of H-pyrrole nitrogens is 1. The molecule has 1 N–H and O–H groups in total. The van der Waals surface area contributed by atoms with Crippen molar-refractivity contribution in [2.75, 3.05) is 0 Å². The van der Waals surface area contributed by atoms with E-state index in [9.17, 15) is 0 Å². The van der Waals surface area contributed by atoms with E-state index in [1.54, 1.807) is 12.5 Å². The first-order valence-electron chi connectivity index (χ1n) is 4.81. The summed E-state index contributed by atoms with van der Waals surface area (Å²) in [5.74, 6) is 0. The average molecular weight is 198 g/mol. The van der Waals surface area contributed by atoms with Crippen molar-refractivity contribution >= 4 is 10.9 Å². The summed E-state index contributed by atoms with van der Waals surface area (Å²) in [4.78, 5) is 4.01. The molecular weight excluding hydrogens is 188 g/mol. The van der Waals surface area contributed by atoms with E-state index in [2.05, 4.69) is 21.2 Å². The fourth-order valence-corrected chi connectivity index (χ4v) is 1.70. The van der Waals surface area contributed by atoms with E-state index in [0.29, 0.717) is 0 Å². The van der Waals surface area contributed by atoms with Gasteiger partial charge in [-0.05, 0) is 6.07 Å². The van der Waals surface area contributed by atoms with Gasteiger partial charge in [0.1, 0.15) is 0 Å². The van der Waals surface area contributed by atoms with Crippen LogP contribution in [0.3, 0.4) is 0 Å². The van der Waals surface area contributed by atoms with Crippen molar-refractivity contribution in [2.45, 2.75) is 6.54 Å². The van der Waals surface area contributed by atoms with Crippen LogP contribution in [0, 0.1) is 0 Å². The van der Waals surface area contributed by atoms with E-state index in [-0.39, 0.29) is 0 Å². The molecule has 0 atom stereocenters. The minimum absolute atomic E-state index is 0.778. The maximum atomic E-state index is 4.24. The smallest absolute Gasteiger partial charge is 0.0949 e. The Morgan fingerprint density at radius 3 is 3.07 bits per heavy atom. The molecule has 3 aromatic rings. The molecular formula is C11H10N4. The van der Waals surface area contributed by atoms with Gasteiger partial charge in [-0.2, -0.15) is 5.10 Å². The number of nitrogens with zero attached hydrogens (tertiary/aromatic N) is 3. The lowest BCUT2D eigenvalue weighted by atomic mass is 10.2. The summed E-state index contributed by atoms with van der Waals surface area (Å²) >= 11 is 0. The summed E-state index contributed by atoms with van der Waals surface area (Å²) in [6, 6.07) is 8.09. The highest BCUT2D eigenvalue weighted by atomic mass is 15.1. The molecule has 3 rings (SSSR count). The molecule has 0 aliphatic rings. The predicted octanol–water partition coefficient (Wildman–Crippen LogP) is 1.81. The van der Waals surface area contributed by atoms with Gasteiger partial charge in [0.15, 0.2) is 0 Å². The third-order valence-corrected chi connectivity index (χ3v) is 2.44. The van der Waals surface area contributed by atoms with E-state index in [4.69, 9.17) is 0 Å². The Kier molecular flexibility index (Phi) is 1.78. The second kappa shape index (κ2) is 3.24. The lowest BCUT2D eigenvalue weighted by molar-refractivity contribution is 0.772. The van der Waals surface area contributed by atoms with Crippen molar-refractivity contribution in [3.63, 3.8) is 0 Å². The van der Waals surface area contributed by atoms with Gasteiger partial charge in [-0.15, -0.1) is 0 Å². The molecule has 0 fully saturated rings. The number of para-hydroxylation sites is 1. The molecule has 2 aromatic heterocycles. The third kappa shape index (κ3) is 1.40. The highest BCUT2D eigenvalue weighted by molar-refractivity contribution is 5.81. The van der Waals surface area contributed by atoms with Gasteiger partial charge in [0.2, 0.25) is 0 Å². The SMILES string of the molecule is c1ccc2c(Cn3ccnc3)[nH]nc2c1. The van der Waals surface area contributed by atoms with Crippen LogP contribution >= 0.6 is 0 Å². The number of imidazole rings is 1. The molecule has 4 nitrogen and oxygen atoms in total. The molecule has 1 aromatic carbocycles. The highest BCUT2D eigenvalue weighted by Gasteiger charge is 2.03. The minimum atomic E-state index is 0.778. The number of nitrogens with one attached hydrogen (secondary N) is 1. The topological polar surface area (TPSA) is 46.5 Å². The Bertz CT molecular complexity index is 565. The number of aromatic amines is 1. The van der Waals surface area contributed by atoms with Gasteiger partial charge in [0.25, 0.3) is 0 Å². The van der Waals surface area contributed by atoms with Crippen LogP contribution in [0.4, 0.5) is 0 Å². The molecule has 0 bridgehead atoms. The molecule has 0 aliphatic carbocycles. The van der Waals surface area contributed by atoms with Crippen LogP contribution in [0.25, 0.3) is 10.9 Å². The Morgan fingerprint density at radius 1 is 1.27 bits per heavy atom. The fraction of sp³-hybridized carbons (Fsp3) is 0.0909. The Hall–Kier alpha value is -2.10.